The van der Waals surface area contributed by atoms with E-state index in [1.54, 1.807) is 6.20 Å². The highest BCUT2D eigenvalue weighted by atomic mass is 32.1. The number of nitrogens with zero attached hydrogens (tertiary/aromatic N) is 4. The number of aliphatic hydroxyl groups excluding tert-OH is 1. The fourth-order valence-electron chi connectivity index (χ4n) is 3.84. The van der Waals surface area contributed by atoms with Gasteiger partial charge < -0.3 is 20.8 Å². The molecular formula is C23H25N5O3S. The highest BCUT2D eigenvalue weighted by Crippen LogP contribution is 2.31. The van der Waals surface area contributed by atoms with Crippen molar-refractivity contribution in [1.82, 2.24) is 14.8 Å². The number of carbonyl (C=O) groups is 1. The van der Waals surface area contributed by atoms with Crippen LogP contribution in [0, 0.1) is 6.92 Å². The molecule has 0 radical (unpaired) electrons. The van der Waals surface area contributed by atoms with E-state index in [2.05, 4.69) is 20.3 Å². The average molecular weight is 452 g/mol. The maximum absolute atomic E-state index is 12.9. The molecule has 4 N–H and O–H groups in total. The fraction of sp³-hybridized carbons (Fsp3) is 0.261. The van der Waals surface area contributed by atoms with Gasteiger partial charge in [-0.2, -0.15) is 5.10 Å². The molecule has 1 aromatic carbocycles. The van der Waals surface area contributed by atoms with Gasteiger partial charge in [-0.3, -0.25) is 4.79 Å². The Labute approximate surface area is 189 Å². The van der Waals surface area contributed by atoms with E-state index in [0.29, 0.717) is 10.6 Å². The number of piperidine rings is 1. The number of hydrogen-bond donors (Lipinski definition) is 2. The standard InChI is InChI=1S/C23H23N5O2S.H2O/c1-15-19-13-20(31-23(19)28(26-15)17-5-3-2-4-6-17)22(30)25-16-7-8-21(24-14-16)27-11-9-18(29)10-12-27;/h2-8,13-14,18,29H,9-12H2,1H3,(H,25,30);1H2. The molecule has 0 aliphatic carbocycles. The summed E-state index contributed by atoms with van der Waals surface area (Å²) in [4.78, 5) is 21.1. The summed E-state index contributed by atoms with van der Waals surface area (Å²) in [7, 11) is 0. The lowest BCUT2D eigenvalue weighted by Gasteiger charge is -2.30. The first-order valence-electron chi connectivity index (χ1n) is 10.3. The normalized spacial score (nSPS) is 14.4. The molecule has 32 heavy (non-hydrogen) atoms. The lowest BCUT2D eigenvalue weighted by molar-refractivity contribution is 0.103. The number of thiophene rings is 1. The fourth-order valence-corrected chi connectivity index (χ4v) is 4.92. The van der Waals surface area contributed by atoms with Gasteiger partial charge in [0, 0.05) is 18.5 Å². The molecule has 3 aromatic heterocycles. The monoisotopic (exact) mass is 451 g/mol. The maximum atomic E-state index is 12.9. The summed E-state index contributed by atoms with van der Waals surface area (Å²) in [6.07, 6.45) is 2.98. The lowest BCUT2D eigenvalue weighted by atomic mass is 10.1. The van der Waals surface area contributed by atoms with Gasteiger partial charge in [0.2, 0.25) is 0 Å². The van der Waals surface area contributed by atoms with Crippen LogP contribution in [0.2, 0.25) is 0 Å². The van der Waals surface area contributed by atoms with Gasteiger partial charge in [-0.1, -0.05) is 18.2 Å². The Hall–Kier alpha value is -3.27. The van der Waals surface area contributed by atoms with Gasteiger partial charge in [-0.25, -0.2) is 9.67 Å². The van der Waals surface area contributed by atoms with Gasteiger partial charge in [0.1, 0.15) is 10.6 Å². The molecule has 4 heterocycles. The number of hydrogen-bond acceptors (Lipinski definition) is 6. The van der Waals surface area contributed by atoms with Gasteiger partial charge in [0.25, 0.3) is 5.91 Å². The first-order valence-corrected chi connectivity index (χ1v) is 11.1. The number of amides is 1. The van der Waals surface area contributed by atoms with Crippen LogP contribution in [0.15, 0.2) is 54.7 Å². The second kappa shape index (κ2) is 9.07. The van der Waals surface area contributed by atoms with E-state index in [0.717, 1.165) is 53.3 Å². The second-order valence-corrected chi connectivity index (χ2v) is 8.77. The zero-order valence-corrected chi connectivity index (χ0v) is 18.5. The summed E-state index contributed by atoms with van der Waals surface area (Å²) in [6.45, 7) is 3.54. The van der Waals surface area contributed by atoms with Crippen LogP contribution in [0.4, 0.5) is 11.5 Å². The number of fused-ring (bicyclic) bond motifs is 1. The van der Waals surface area contributed by atoms with Crippen molar-refractivity contribution < 1.29 is 15.4 Å². The Morgan fingerprint density at radius 1 is 1.16 bits per heavy atom. The van der Waals surface area contributed by atoms with Crippen LogP contribution in [0.5, 0.6) is 0 Å². The second-order valence-electron chi connectivity index (χ2n) is 7.74. The average Bonchev–Trinajstić information content (AvgIpc) is 3.36. The number of pyridine rings is 1. The molecule has 4 aromatic rings. The SMILES string of the molecule is Cc1nn(-c2ccccc2)c2sc(C(=O)Nc3ccc(N4CCC(O)CC4)nc3)cc12.O. The minimum atomic E-state index is -0.214. The Bertz CT molecular complexity index is 1210. The van der Waals surface area contributed by atoms with Crippen LogP contribution < -0.4 is 10.2 Å². The van der Waals surface area contributed by atoms with Crippen molar-refractivity contribution in [2.24, 2.45) is 0 Å². The molecule has 5 rings (SSSR count). The predicted molar refractivity (Wildman–Crippen MR) is 127 cm³/mol. The van der Waals surface area contributed by atoms with E-state index < -0.39 is 0 Å². The summed E-state index contributed by atoms with van der Waals surface area (Å²) in [6, 6.07) is 15.6. The number of aliphatic hydroxyl groups is 1. The van der Waals surface area contributed by atoms with Gasteiger partial charge in [0.15, 0.2) is 0 Å². The first-order chi connectivity index (χ1) is 15.1. The largest absolute Gasteiger partial charge is 0.412 e. The molecule has 0 bridgehead atoms. The number of aryl methyl sites for hydroxylation is 1. The molecule has 0 saturated carbocycles. The van der Waals surface area contributed by atoms with Gasteiger partial charge >= 0.3 is 0 Å². The third-order valence-corrected chi connectivity index (χ3v) is 6.67. The van der Waals surface area contributed by atoms with E-state index in [-0.39, 0.29) is 17.5 Å². The smallest absolute Gasteiger partial charge is 0.265 e. The highest BCUT2D eigenvalue weighted by Gasteiger charge is 2.19. The van der Waals surface area contributed by atoms with Gasteiger partial charge in [0.05, 0.1) is 34.2 Å². The molecule has 0 unspecified atom stereocenters. The van der Waals surface area contributed by atoms with E-state index in [4.69, 9.17) is 0 Å². The van der Waals surface area contributed by atoms with Crippen molar-refractivity contribution in [3.05, 3.63) is 65.3 Å². The van der Waals surface area contributed by atoms with E-state index in [1.807, 2.05) is 60.1 Å². The molecule has 0 spiro atoms. The quantitative estimate of drug-likeness (QED) is 0.495. The van der Waals surface area contributed by atoms with Crippen LogP contribution in [0.3, 0.4) is 0 Å². The van der Waals surface area contributed by atoms with Crippen molar-refractivity contribution in [1.29, 1.82) is 0 Å². The molecule has 9 heteroatoms. The van der Waals surface area contributed by atoms with Crippen molar-refractivity contribution in [2.75, 3.05) is 23.3 Å². The van der Waals surface area contributed by atoms with Crippen LogP contribution in [-0.4, -0.2) is 50.4 Å². The Morgan fingerprint density at radius 2 is 1.91 bits per heavy atom. The van der Waals surface area contributed by atoms with E-state index in [9.17, 15) is 9.90 Å². The summed E-state index contributed by atoms with van der Waals surface area (Å²) in [5, 5.41) is 18.2. The maximum Gasteiger partial charge on any atom is 0.265 e. The Morgan fingerprint density at radius 3 is 2.59 bits per heavy atom. The molecule has 1 saturated heterocycles. The van der Waals surface area contributed by atoms with Crippen molar-refractivity contribution in [3.63, 3.8) is 0 Å². The summed E-state index contributed by atoms with van der Waals surface area (Å²) in [5.41, 5.74) is 2.52. The molecular weight excluding hydrogens is 426 g/mol. The summed E-state index contributed by atoms with van der Waals surface area (Å²) in [5.74, 6) is 0.709. The molecule has 1 aliphatic rings. The van der Waals surface area contributed by atoms with Crippen molar-refractivity contribution in [3.8, 4) is 5.69 Å². The minimum Gasteiger partial charge on any atom is -0.412 e. The molecule has 1 fully saturated rings. The predicted octanol–water partition coefficient (Wildman–Crippen LogP) is 3.18. The third-order valence-electron chi connectivity index (χ3n) is 5.56. The Balaban J connectivity index is 0.00000245. The van der Waals surface area contributed by atoms with Crippen molar-refractivity contribution >= 4 is 39.0 Å². The summed E-state index contributed by atoms with van der Waals surface area (Å²) >= 11 is 1.43. The van der Waals surface area contributed by atoms with Gasteiger partial charge in [-0.05, 0) is 50.1 Å². The third kappa shape index (κ3) is 4.22. The topological polar surface area (TPSA) is 115 Å². The minimum absolute atomic E-state index is 0. The number of aromatic nitrogens is 3. The number of nitrogens with one attached hydrogen (secondary N) is 1. The summed E-state index contributed by atoms with van der Waals surface area (Å²) < 4.78 is 1.89. The van der Waals surface area contributed by atoms with E-state index in [1.165, 1.54) is 11.3 Å². The molecule has 1 aliphatic heterocycles. The van der Waals surface area contributed by atoms with Crippen LogP contribution in [0.1, 0.15) is 28.2 Å². The number of benzene rings is 1. The molecule has 1 amide bonds. The number of rotatable bonds is 4. The zero-order chi connectivity index (χ0) is 21.4. The first kappa shape index (κ1) is 21.9. The van der Waals surface area contributed by atoms with Crippen LogP contribution in [-0.2, 0) is 0 Å². The van der Waals surface area contributed by atoms with Gasteiger partial charge in [-0.15, -0.1) is 11.3 Å². The van der Waals surface area contributed by atoms with E-state index >= 15 is 0 Å². The number of para-hydroxylation sites is 1. The molecule has 0 atom stereocenters. The van der Waals surface area contributed by atoms with Crippen LogP contribution in [0.25, 0.3) is 15.9 Å². The molecule has 8 nitrogen and oxygen atoms in total. The highest BCUT2D eigenvalue weighted by molar-refractivity contribution is 7.20. The number of anilines is 2. The lowest BCUT2D eigenvalue weighted by Crippen LogP contribution is -2.36. The zero-order valence-electron chi connectivity index (χ0n) is 17.7. The van der Waals surface area contributed by atoms with Crippen LogP contribution >= 0.6 is 11.3 Å². The van der Waals surface area contributed by atoms with Crippen molar-refractivity contribution in [2.45, 2.75) is 25.9 Å². The molecule has 166 valence electrons. The Kier molecular flexibility index (Phi) is 6.22. The number of carbonyl (C=O) groups excluding carboxylic acids is 1.